The van der Waals surface area contributed by atoms with Crippen LogP contribution < -0.4 is 5.73 Å². The van der Waals surface area contributed by atoms with Gasteiger partial charge in [-0.1, -0.05) is 20.8 Å². The van der Waals surface area contributed by atoms with E-state index in [0.717, 1.165) is 0 Å². The van der Waals surface area contributed by atoms with Crippen LogP contribution >= 0.6 is 0 Å². The van der Waals surface area contributed by atoms with E-state index >= 15 is 0 Å². The van der Waals surface area contributed by atoms with Crippen molar-refractivity contribution in [3.05, 3.63) is 12.7 Å². The Morgan fingerprint density at radius 3 is 2.64 bits per heavy atom. The molecule has 0 saturated carbocycles. The van der Waals surface area contributed by atoms with Crippen molar-refractivity contribution in [3.8, 4) is 0 Å². The molecule has 0 aliphatic carbocycles. The molecule has 10 heteroatoms. The number of rotatable bonds is 4. The molecule has 4 atom stereocenters. The lowest BCUT2D eigenvalue weighted by Gasteiger charge is -2.37. The molecule has 9 nitrogen and oxygen atoms in total. The van der Waals surface area contributed by atoms with E-state index in [1.54, 1.807) is 4.57 Å². The number of imidazole rings is 1. The van der Waals surface area contributed by atoms with Gasteiger partial charge in [0.15, 0.2) is 26.0 Å². The van der Waals surface area contributed by atoms with Crippen LogP contribution in [0.1, 0.15) is 39.8 Å². The number of nitrogens with zero attached hydrogens (tertiary/aromatic N) is 4. The van der Waals surface area contributed by atoms with Gasteiger partial charge in [-0.2, -0.15) is 0 Å². The Morgan fingerprint density at radius 2 is 1.96 bits per heavy atom. The van der Waals surface area contributed by atoms with Crippen molar-refractivity contribution in [2.24, 2.45) is 0 Å². The number of hydrogen-bond donors (Lipinski definition) is 3. The highest BCUT2D eigenvalue weighted by Gasteiger charge is 2.40. The largest absolute Gasteiger partial charge is 0.414 e. The van der Waals surface area contributed by atoms with Gasteiger partial charge in [0.25, 0.3) is 0 Å². The first kappa shape index (κ1) is 21.1. The van der Waals surface area contributed by atoms with E-state index in [4.69, 9.17) is 14.9 Å². The molecule has 0 radical (unpaired) electrons. The Balaban J connectivity index is 1.84. The summed E-state index contributed by atoms with van der Waals surface area (Å²) in [6.45, 7) is 11.3. The number of nitrogens with two attached hydrogens (primary N) is 1. The van der Waals surface area contributed by atoms with E-state index in [1.165, 1.54) is 12.7 Å². The predicted octanol–water partition coefficient (Wildman–Crippen LogP) is 1.83. The fourth-order valence-corrected chi connectivity index (χ4v) is 4.03. The average molecular weight is 410 g/mol. The quantitative estimate of drug-likeness (QED) is 0.652. The zero-order chi connectivity index (χ0) is 20.7. The second-order valence-corrected chi connectivity index (χ2v) is 13.7. The number of aliphatic hydroxyl groups is 2. The van der Waals surface area contributed by atoms with Gasteiger partial charge >= 0.3 is 0 Å². The Bertz CT molecular complexity index is 822. The molecule has 0 spiro atoms. The molecule has 1 fully saturated rings. The van der Waals surface area contributed by atoms with Crippen LogP contribution in [-0.4, -0.2) is 63.0 Å². The summed E-state index contributed by atoms with van der Waals surface area (Å²) < 4.78 is 14.1. The monoisotopic (exact) mass is 409 g/mol. The zero-order valence-corrected chi connectivity index (χ0v) is 18.2. The fourth-order valence-electron chi connectivity index (χ4n) is 2.99. The first-order chi connectivity index (χ1) is 13.0. The van der Waals surface area contributed by atoms with Crippen molar-refractivity contribution in [3.63, 3.8) is 0 Å². The SMILES string of the molecule is CC(C)(C)[Si](C)(C)OC[C@@H]1CC[C@@H](O)[C@@H](O)[C@H](n2cnc3c(N)ncnc32)O1. The Labute approximate surface area is 166 Å². The summed E-state index contributed by atoms with van der Waals surface area (Å²) in [5, 5.41) is 21.1. The Hall–Kier alpha value is -1.59. The molecule has 3 rings (SSSR count). The number of aromatic nitrogens is 4. The summed E-state index contributed by atoms with van der Waals surface area (Å²) in [6, 6.07) is 0. The maximum absolute atomic E-state index is 10.7. The highest BCUT2D eigenvalue weighted by molar-refractivity contribution is 6.74. The topological polar surface area (TPSA) is 129 Å². The molecule has 28 heavy (non-hydrogen) atoms. The van der Waals surface area contributed by atoms with Crippen LogP contribution in [-0.2, 0) is 9.16 Å². The molecule has 1 aliphatic heterocycles. The van der Waals surface area contributed by atoms with Crippen LogP contribution in [0.15, 0.2) is 12.7 Å². The van der Waals surface area contributed by atoms with Crippen LogP contribution in [0.5, 0.6) is 0 Å². The molecule has 4 N–H and O–H groups in total. The van der Waals surface area contributed by atoms with E-state index in [0.29, 0.717) is 30.6 Å². The standard InChI is InChI=1S/C18H31N5O4Si/c1-18(2,3)28(4,5)26-8-11-6-7-12(24)14(25)17(27-11)23-10-22-13-15(19)20-9-21-16(13)23/h9-12,14,17,24-25H,6-8H2,1-5H3,(H2,19,20,21)/t11-,12+,14+,17+/m0/s1. The van der Waals surface area contributed by atoms with Gasteiger partial charge in [0.1, 0.15) is 17.9 Å². The van der Waals surface area contributed by atoms with Gasteiger partial charge in [-0.05, 0) is 31.0 Å². The summed E-state index contributed by atoms with van der Waals surface area (Å²) >= 11 is 0. The van der Waals surface area contributed by atoms with Gasteiger partial charge in [-0.3, -0.25) is 4.57 Å². The molecule has 156 valence electrons. The lowest BCUT2D eigenvalue weighted by Crippen LogP contribution is -2.43. The highest BCUT2D eigenvalue weighted by atomic mass is 28.4. The first-order valence-electron chi connectivity index (χ1n) is 9.60. The van der Waals surface area contributed by atoms with Gasteiger partial charge in [0.2, 0.25) is 0 Å². The van der Waals surface area contributed by atoms with Crippen molar-refractivity contribution < 1.29 is 19.4 Å². The summed E-state index contributed by atoms with van der Waals surface area (Å²) in [7, 11) is -1.94. The molecule has 2 aromatic heterocycles. The number of anilines is 1. The molecule has 3 heterocycles. The molecule has 0 amide bonds. The lowest BCUT2D eigenvalue weighted by atomic mass is 10.1. The van der Waals surface area contributed by atoms with E-state index in [-0.39, 0.29) is 17.0 Å². The number of hydrogen-bond acceptors (Lipinski definition) is 8. The number of fused-ring (bicyclic) bond motifs is 1. The average Bonchev–Trinajstić information content (AvgIpc) is 2.98. The van der Waals surface area contributed by atoms with Gasteiger partial charge in [0, 0.05) is 0 Å². The molecule has 2 aromatic rings. The summed E-state index contributed by atoms with van der Waals surface area (Å²) in [4.78, 5) is 12.4. The van der Waals surface area contributed by atoms with Crippen LogP contribution in [0.4, 0.5) is 5.82 Å². The van der Waals surface area contributed by atoms with Gasteiger partial charge in [-0.15, -0.1) is 0 Å². The van der Waals surface area contributed by atoms with E-state index in [9.17, 15) is 10.2 Å². The Kier molecular flexibility index (Phi) is 5.79. The van der Waals surface area contributed by atoms with Crippen LogP contribution in [0.3, 0.4) is 0 Å². The minimum atomic E-state index is -1.94. The normalized spacial score (nSPS) is 27.1. The maximum atomic E-state index is 10.7. The third-order valence-corrected chi connectivity index (χ3v) is 10.4. The number of nitrogen functional groups attached to an aromatic ring is 1. The van der Waals surface area contributed by atoms with E-state index < -0.39 is 26.8 Å². The van der Waals surface area contributed by atoms with Gasteiger partial charge in [0.05, 0.1) is 25.1 Å². The number of ether oxygens (including phenoxy) is 1. The molecular formula is C18H31N5O4Si. The minimum absolute atomic E-state index is 0.0884. The van der Waals surface area contributed by atoms with Crippen molar-refractivity contribution in [1.29, 1.82) is 0 Å². The van der Waals surface area contributed by atoms with E-state index in [1.807, 2.05) is 0 Å². The van der Waals surface area contributed by atoms with Crippen molar-refractivity contribution in [1.82, 2.24) is 19.5 Å². The van der Waals surface area contributed by atoms with Gasteiger partial charge in [-0.25, -0.2) is 15.0 Å². The van der Waals surface area contributed by atoms with Crippen molar-refractivity contribution >= 4 is 25.3 Å². The third-order valence-electron chi connectivity index (χ3n) is 5.90. The fraction of sp³-hybridized carbons (Fsp3) is 0.722. The highest BCUT2D eigenvalue weighted by Crippen LogP contribution is 2.37. The smallest absolute Gasteiger partial charge is 0.192 e. The third kappa shape index (κ3) is 4.06. The maximum Gasteiger partial charge on any atom is 0.192 e. The van der Waals surface area contributed by atoms with Crippen molar-refractivity contribution in [2.45, 2.75) is 76.3 Å². The van der Waals surface area contributed by atoms with Crippen molar-refractivity contribution in [2.75, 3.05) is 12.3 Å². The minimum Gasteiger partial charge on any atom is -0.414 e. The molecule has 0 bridgehead atoms. The Morgan fingerprint density at radius 1 is 1.25 bits per heavy atom. The predicted molar refractivity (Wildman–Crippen MR) is 108 cm³/mol. The van der Waals surface area contributed by atoms with Crippen LogP contribution in [0.25, 0.3) is 11.2 Å². The molecular weight excluding hydrogens is 378 g/mol. The summed E-state index contributed by atoms with van der Waals surface area (Å²) in [5.41, 5.74) is 6.75. The zero-order valence-electron chi connectivity index (χ0n) is 17.2. The second kappa shape index (κ2) is 7.67. The molecule has 1 aliphatic rings. The second-order valence-electron chi connectivity index (χ2n) is 8.94. The van der Waals surface area contributed by atoms with Crippen LogP contribution in [0, 0.1) is 0 Å². The lowest BCUT2D eigenvalue weighted by molar-refractivity contribution is -0.135. The molecule has 0 unspecified atom stereocenters. The summed E-state index contributed by atoms with van der Waals surface area (Å²) in [5.74, 6) is 0.255. The van der Waals surface area contributed by atoms with Crippen LogP contribution in [0.2, 0.25) is 18.1 Å². The van der Waals surface area contributed by atoms with E-state index in [2.05, 4.69) is 48.8 Å². The van der Waals surface area contributed by atoms with Gasteiger partial charge < -0.3 is 25.1 Å². The summed E-state index contributed by atoms with van der Waals surface area (Å²) in [6.07, 6.45) is 0.722. The molecule has 0 aromatic carbocycles. The number of aliphatic hydroxyl groups excluding tert-OH is 2. The molecule has 1 saturated heterocycles. The first-order valence-corrected chi connectivity index (χ1v) is 12.5.